The molecular weight excluding hydrogens is 593 g/mol. The lowest BCUT2D eigenvalue weighted by Crippen LogP contribution is -2.54. The first-order chi connectivity index (χ1) is 20.1. The summed E-state index contributed by atoms with van der Waals surface area (Å²) in [4.78, 5) is 29.3. The third-order valence-corrected chi connectivity index (χ3v) is 9.82. The summed E-state index contributed by atoms with van der Waals surface area (Å²) >= 11 is 12.3. The maximum Gasteiger partial charge on any atom is 0.264 e. The van der Waals surface area contributed by atoms with Crippen molar-refractivity contribution >= 4 is 50.7 Å². The maximum absolute atomic E-state index is 14.2. The van der Waals surface area contributed by atoms with Gasteiger partial charge in [0.15, 0.2) is 0 Å². The lowest BCUT2D eigenvalue weighted by molar-refractivity contribution is -0.140. The molecule has 7 nitrogen and oxygen atoms in total. The largest absolute Gasteiger partial charge is 0.352 e. The molecule has 1 aliphatic rings. The van der Waals surface area contributed by atoms with Crippen molar-refractivity contribution < 1.29 is 18.0 Å². The Balaban J connectivity index is 1.71. The third kappa shape index (κ3) is 8.06. The van der Waals surface area contributed by atoms with Gasteiger partial charge < -0.3 is 10.2 Å². The van der Waals surface area contributed by atoms with Crippen LogP contribution in [0.15, 0.2) is 77.7 Å². The van der Waals surface area contributed by atoms with Gasteiger partial charge in [-0.25, -0.2) is 8.42 Å². The van der Waals surface area contributed by atoms with Crippen LogP contribution in [-0.2, 0) is 26.2 Å². The maximum atomic E-state index is 14.2. The highest BCUT2D eigenvalue weighted by atomic mass is 35.5. The van der Waals surface area contributed by atoms with Gasteiger partial charge in [0.2, 0.25) is 11.8 Å². The molecule has 0 radical (unpaired) electrons. The summed E-state index contributed by atoms with van der Waals surface area (Å²) in [6, 6.07) is 19.1. The molecule has 0 aromatic heterocycles. The van der Waals surface area contributed by atoms with E-state index in [-0.39, 0.29) is 29.1 Å². The van der Waals surface area contributed by atoms with E-state index in [0.717, 1.165) is 47.5 Å². The van der Waals surface area contributed by atoms with Gasteiger partial charge in [0.1, 0.15) is 12.6 Å². The van der Waals surface area contributed by atoms with Crippen LogP contribution in [0, 0.1) is 6.92 Å². The van der Waals surface area contributed by atoms with Crippen LogP contribution in [0.1, 0.15) is 56.6 Å². The number of sulfonamides is 1. The highest BCUT2D eigenvalue weighted by Gasteiger charge is 2.34. The fourth-order valence-electron chi connectivity index (χ4n) is 5.36. The van der Waals surface area contributed by atoms with E-state index in [1.807, 2.05) is 38.1 Å². The van der Waals surface area contributed by atoms with Gasteiger partial charge in [0.25, 0.3) is 10.0 Å². The van der Waals surface area contributed by atoms with E-state index in [0.29, 0.717) is 16.5 Å². The van der Waals surface area contributed by atoms with Gasteiger partial charge >= 0.3 is 0 Å². The minimum absolute atomic E-state index is 0.0213. The Morgan fingerprint density at radius 1 is 0.929 bits per heavy atom. The summed E-state index contributed by atoms with van der Waals surface area (Å²) in [5.74, 6) is -0.722. The Morgan fingerprint density at radius 3 is 2.26 bits per heavy atom. The van der Waals surface area contributed by atoms with E-state index >= 15 is 0 Å². The molecule has 1 fully saturated rings. The number of halogens is 2. The van der Waals surface area contributed by atoms with Crippen molar-refractivity contribution in [3.05, 3.63) is 94.0 Å². The quantitative estimate of drug-likeness (QED) is 0.254. The molecule has 42 heavy (non-hydrogen) atoms. The minimum Gasteiger partial charge on any atom is -0.352 e. The molecule has 1 saturated carbocycles. The average Bonchev–Trinajstić information content (AvgIpc) is 2.96. The first kappa shape index (κ1) is 31.9. The molecule has 4 rings (SSSR count). The number of benzene rings is 3. The standard InChI is InChI=1S/C32H37Cl2N3O4S/c1-3-30(32(39)35-27-12-5-4-6-13-27)36(21-24-10-7-9-23(2)19-24)31(38)22-37(28-14-8-11-26(34)20-28)42(40,41)29-17-15-25(33)16-18-29/h7-11,14-20,27,30H,3-6,12-13,21-22H2,1-2H3,(H,35,39)/t30-/m1/s1. The number of nitrogens with zero attached hydrogens (tertiary/aromatic N) is 2. The molecule has 1 atom stereocenters. The number of hydrogen-bond acceptors (Lipinski definition) is 4. The molecule has 1 N–H and O–H groups in total. The zero-order valence-electron chi connectivity index (χ0n) is 23.9. The van der Waals surface area contributed by atoms with E-state index in [4.69, 9.17) is 23.2 Å². The summed E-state index contributed by atoms with van der Waals surface area (Å²) in [5, 5.41) is 3.87. The highest BCUT2D eigenvalue weighted by Crippen LogP contribution is 2.28. The monoisotopic (exact) mass is 629 g/mol. The van der Waals surface area contributed by atoms with Gasteiger partial charge in [-0.05, 0) is 74.2 Å². The number of aryl methyl sites for hydroxylation is 1. The van der Waals surface area contributed by atoms with Crippen LogP contribution in [0.25, 0.3) is 0 Å². The summed E-state index contributed by atoms with van der Waals surface area (Å²) in [6.45, 7) is 3.45. The highest BCUT2D eigenvalue weighted by molar-refractivity contribution is 7.92. The van der Waals surface area contributed by atoms with Crippen molar-refractivity contribution in [3.8, 4) is 0 Å². The third-order valence-electron chi connectivity index (χ3n) is 7.55. The molecule has 0 unspecified atom stereocenters. The smallest absolute Gasteiger partial charge is 0.264 e. The predicted octanol–water partition coefficient (Wildman–Crippen LogP) is 6.75. The zero-order valence-corrected chi connectivity index (χ0v) is 26.3. The van der Waals surface area contributed by atoms with Crippen molar-refractivity contribution in [1.29, 1.82) is 0 Å². The lowest BCUT2D eigenvalue weighted by atomic mass is 9.95. The Labute approximate surface area is 258 Å². The van der Waals surface area contributed by atoms with Gasteiger partial charge in [0, 0.05) is 22.6 Å². The minimum atomic E-state index is -4.20. The van der Waals surface area contributed by atoms with Crippen LogP contribution in [-0.4, -0.2) is 43.8 Å². The summed E-state index contributed by atoms with van der Waals surface area (Å²) in [5.41, 5.74) is 2.11. The lowest BCUT2D eigenvalue weighted by Gasteiger charge is -2.34. The molecular formula is C32H37Cl2N3O4S. The summed E-state index contributed by atoms with van der Waals surface area (Å²) in [6.07, 6.45) is 5.47. The number of carbonyl (C=O) groups excluding carboxylic acids is 2. The molecule has 224 valence electrons. The zero-order chi connectivity index (χ0) is 30.3. The summed E-state index contributed by atoms with van der Waals surface area (Å²) < 4.78 is 28.9. The molecule has 1 aliphatic carbocycles. The fourth-order valence-corrected chi connectivity index (χ4v) is 7.08. The van der Waals surface area contributed by atoms with Crippen molar-refractivity contribution in [2.24, 2.45) is 0 Å². The van der Waals surface area contributed by atoms with Crippen molar-refractivity contribution in [3.63, 3.8) is 0 Å². The molecule has 3 aromatic rings. The molecule has 0 aliphatic heterocycles. The van der Waals surface area contributed by atoms with Gasteiger partial charge in [-0.2, -0.15) is 0 Å². The number of amides is 2. The first-order valence-corrected chi connectivity index (χ1v) is 16.5. The number of rotatable bonds is 11. The van der Waals surface area contributed by atoms with Crippen LogP contribution >= 0.6 is 23.2 Å². The molecule has 0 spiro atoms. The van der Waals surface area contributed by atoms with E-state index in [9.17, 15) is 18.0 Å². The Morgan fingerprint density at radius 2 is 1.62 bits per heavy atom. The van der Waals surface area contributed by atoms with Gasteiger partial charge in [-0.1, -0.05) is 85.3 Å². The van der Waals surface area contributed by atoms with Crippen LogP contribution in [0.5, 0.6) is 0 Å². The van der Waals surface area contributed by atoms with Crippen LogP contribution in [0.2, 0.25) is 10.0 Å². The van der Waals surface area contributed by atoms with Crippen molar-refractivity contribution in [2.75, 3.05) is 10.8 Å². The summed E-state index contributed by atoms with van der Waals surface area (Å²) in [7, 11) is -4.20. The second kappa shape index (κ2) is 14.4. The molecule has 0 heterocycles. The van der Waals surface area contributed by atoms with Gasteiger partial charge in [-0.15, -0.1) is 0 Å². The second-order valence-electron chi connectivity index (χ2n) is 10.7. The molecule has 0 saturated heterocycles. The fraction of sp³-hybridized carbons (Fsp3) is 0.375. The van der Waals surface area contributed by atoms with Crippen molar-refractivity contribution in [1.82, 2.24) is 10.2 Å². The molecule has 2 amide bonds. The number of nitrogens with one attached hydrogen (secondary N) is 1. The second-order valence-corrected chi connectivity index (χ2v) is 13.5. The van der Waals surface area contributed by atoms with E-state index < -0.39 is 28.5 Å². The topological polar surface area (TPSA) is 86.8 Å². The van der Waals surface area contributed by atoms with Gasteiger partial charge in [0.05, 0.1) is 10.6 Å². The number of hydrogen-bond donors (Lipinski definition) is 1. The Kier molecular flexibility index (Phi) is 10.9. The Hall–Kier alpha value is -3.07. The predicted molar refractivity (Wildman–Crippen MR) is 168 cm³/mol. The normalized spacial score (nSPS) is 14.7. The molecule has 10 heteroatoms. The van der Waals surface area contributed by atoms with E-state index in [1.54, 1.807) is 18.2 Å². The van der Waals surface area contributed by atoms with Crippen LogP contribution in [0.3, 0.4) is 0 Å². The SMILES string of the molecule is CC[C@H](C(=O)NC1CCCCC1)N(Cc1cccc(C)c1)C(=O)CN(c1cccc(Cl)c1)S(=O)(=O)c1ccc(Cl)cc1. The van der Waals surface area contributed by atoms with Crippen LogP contribution in [0.4, 0.5) is 5.69 Å². The first-order valence-electron chi connectivity index (χ1n) is 14.3. The number of anilines is 1. The van der Waals surface area contributed by atoms with E-state index in [2.05, 4.69) is 5.32 Å². The van der Waals surface area contributed by atoms with Gasteiger partial charge in [-0.3, -0.25) is 13.9 Å². The molecule has 3 aromatic carbocycles. The Bertz CT molecular complexity index is 1490. The average molecular weight is 631 g/mol. The molecule has 0 bridgehead atoms. The number of carbonyl (C=O) groups is 2. The van der Waals surface area contributed by atoms with Crippen LogP contribution < -0.4 is 9.62 Å². The van der Waals surface area contributed by atoms with Crippen molar-refractivity contribution in [2.45, 2.75) is 75.9 Å². The van der Waals surface area contributed by atoms with E-state index in [1.165, 1.54) is 35.2 Å².